The van der Waals surface area contributed by atoms with Gasteiger partial charge in [0, 0.05) is 25.3 Å². The standard InChI is InChI=1S/C19H23NO7/c1-12(21)20-15-6-5-13(25-2)11-14(15)18(24)19(20,9-7-16(22)26-3)10-8-17(23)27-4/h5-6,11H,7-10H2,1-4H3. The summed E-state index contributed by atoms with van der Waals surface area (Å²) in [6, 6.07) is 4.84. The van der Waals surface area contributed by atoms with Gasteiger partial charge in [-0.2, -0.15) is 0 Å². The van der Waals surface area contributed by atoms with Gasteiger partial charge in [-0.25, -0.2) is 0 Å². The lowest BCUT2D eigenvalue weighted by molar-refractivity contribution is -0.141. The van der Waals surface area contributed by atoms with E-state index in [1.807, 2.05) is 0 Å². The van der Waals surface area contributed by atoms with Crippen molar-refractivity contribution >= 4 is 29.3 Å². The number of carbonyl (C=O) groups is 4. The molecule has 0 N–H and O–H groups in total. The van der Waals surface area contributed by atoms with Crippen molar-refractivity contribution in [2.45, 2.75) is 38.1 Å². The molecule has 1 aliphatic heterocycles. The van der Waals surface area contributed by atoms with Gasteiger partial charge in [-0.05, 0) is 31.0 Å². The number of fused-ring (bicyclic) bond motifs is 1. The van der Waals surface area contributed by atoms with Crippen LogP contribution in [0.3, 0.4) is 0 Å². The van der Waals surface area contributed by atoms with E-state index in [1.54, 1.807) is 18.2 Å². The number of amides is 1. The molecule has 0 aliphatic carbocycles. The van der Waals surface area contributed by atoms with Gasteiger partial charge in [-0.3, -0.25) is 24.1 Å². The fraction of sp³-hybridized carbons (Fsp3) is 0.474. The molecule has 0 saturated carbocycles. The normalized spacial score (nSPS) is 14.5. The Hall–Kier alpha value is -2.90. The van der Waals surface area contributed by atoms with Gasteiger partial charge in [0.15, 0.2) is 5.78 Å². The van der Waals surface area contributed by atoms with Crippen LogP contribution in [-0.2, 0) is 23.9 Å². The second-order valence-corrected chi connectivity index (χ2v) is 6.25. The highest BCUT2D eigenvalue weighted by Crippen LogP contribution is 2.45. The minimum absolute atomic E-state index is 0.0338. The van der Waals surface area contributed by atoms with Gasteiger partial charge in [0.2, 0.25) is 5.91 Å². The third-order valence-corrected chi connectivity index (χ3v) is 4.80. The van der Waals surface area contributed by atoms with Crippen molar-refractivity contribution in [3.8, 4) is 5.75 Å². The number of ketones is 1. The molecular formula is C19H23NO7. The van der Waals surface area contributed by atoms with Crippen molar-refractivity contribution in [2.75, 3.05) is 26.2 Å². The molecule has 0 aromatic heterocycles. The molecule has 1 aliphatic rings. The number of ether oxygens (including phenoxy) is 3. The third kappa shape index (κ3) is 3.79. The van der Waals surface area contributed by atoms with E-state index < -0.39 is 17.5 Å². The summed E-state index contributed by atoms with van der Waals surface area (Å²) < 4.78 is 14.5. The SMILES string of the molecule is COC(=O)CCC1(CCC(=O)OC)C(=O)c2cc(OC)ccc2N1C(C)=O. The molecule has 0 spiro atoms. The number of carbonyl (C=O) groups excluding carboxylic acids is 4. The number of hydrogen-bond donors (Lipinski definition) is 0. The summed E-state index contributed by atoms with van der Waals surface area (Å²) in [4.78, 5) is 50.6. The average molecular weight is 377 g/mol. The summed E-state index contributed by atoms with van der Waals surface area (Å²) in [7, 11) is 3.98. The number of nitrogens with zero attached hydrogens (tertiary/aromatic N) is 1. The Labute approximate surface area is 157 Å². The summed E-state index contributed by atoms with van der Waals surface area (Å²) in [5.41, 5.74) is -0.606. The van der Waals surface area contributed by atoms with Crippen molar-refractivity contribution < 1.29 is 33.4 Å². The average Bonchev–Trinajstić information content (AvgIpc) is 2.92. The number of Topliss-reactive ketones (excluding diaryl/α,β-unsaturated/α-hetero) is 1. The number of benzene rings is 1. The monoisotopic (exact) mass is 377 g/mol. The van der Waals surface area contributed by atoms with Gasteiger partial charge < -0.3 is 14.2 Å². The fourth-order valence-corrected chi connectivity index (χ4v) is 3.47. The molecule has 0 unspecified atom stereocenters. The zero-order valence-electron chi connectivity index (χ0n) is 15.9. The summed E-state index contributed by atoms with van der Waals surface area (Å²) in [6.45, 7) is 1.34. The van der Waals surface area contributed by atoms with Gasteiger partial charge in [-0.15, -0.1) is 0 Å². The predicted octanol–water partition coefficient (Wildman–Crippen LogP) is 1.89. The van der Waals surface area contributed by atoms with Crippen molar-refractivity contribution in [2.24, 2.45) is 0 Å². The van der Waals surface area contributed by atoms with Gasteiger partial charge in [-0.1, -0.05) is 0 Å². The maximum absolute atomic E-state index is 13.3. The molecule has 1 heterocycles. The Bertz CT molecular complexity index is 751. The summed E-state index contributed by atoms with van der Waals surface area (Å²) in [5, 5.41) is 0. The molecule has 1 amide bonds. The number of hydrogen-bond acceptors (Lipinski definition) is 7. The van der Waals surface area contributed by atoms with E-state index in [0.717, 1.165) is 0 Å². The van der Waals surface area contributed by atoms with E-state index in [1.165, 1.54) is 33.2 Å². The van der Waals surface area contributed by atoms with Crippen LogP contribution in [0.4, 0.5) is 5.69 Å². The van der Waals surface area contributed by atoms with Crippen LogP contribution in [0.2, 0.25) is 0 Å². The molecule has 1 aromatic rings. The lowest BCUT2D eigenvalue weighted by Gasteiger charge is -2.36. The Morgan fingerprint density at radius 1 is 1.00 bits per heavy atom. The molecule has 0 fully saturated rings. The van der Waals surface area contributed by atoms with Crippen LogP contribution in [0.5, 0.6) is 5.75 Å². The van der Waals surface area contributed by atoms with Crippen LogP contribution >= 0.6 is 0 Å². The largest absolute Gasteiger partial charge is 0.497 e. The molecule has 1 aromatic carbocycles. The third-order valence-electron chi connectivity index (χ3n) is 4.80. The van der Waals surface area contributed by atoms with Crippen molar-refractivity contribution in [1.29, 1.82) is 0 Å². The highest BCUT2D eigenvalue weighted by atomic mass is 16.5. The quantitative estimate of drug-likeness (QED) is 0.669. The molecular weight excluding hydrogens is 354 g/mol. The van der Waals surface area contributed by atoms with E-state index in [9.17, 15) is 19.2 Å². The topological polar surface area (TPSA) is 99.2 Å². The first-order chi connectivity index (χ1) is 12.8. The Kier molecular flexibility index (Phi) is 6.20. The first-order valence-electron chi connectivity index (χ1n) is 8.48. The number of anilines is 1. The zero-order chi connectivity index (χ0) is 20.2. The van der Waals surface area contributed by atoms with Crippen LogP contribution in [0.25, 0.3) is 0 Å². The second kappa shape index (κ2) is 8.20. The van der Waals surface area contributed by atoms with E-state index in [-0.39, 0.29) is 37.4 Å². The highest BCUT2D eigenvalue weighted by molar-refractivity contribution is 6.20. The molecule has 0 atom stereocenters. The summed E-state index contributed by atoms with van der Waals surface area (Å²) in [5.74, 6) is -1.22. The van der Waals surface area contributed by atoms with Crippen LogP contribution in [0, 0.1) is 0 Å². The van der Waals surface area contributed by atoms with Gasteiger partial charge in [0.25, 0.3) is 0 Å². The van der Waals surface area contributed by atoms with Crippen molar-refractivity contribution in [3.63, 3.8) is 0 Å². The number of methoxy groups -OCH3 is 3. The minimum atomic E-state index is -1.36. The Balaban J connectivity index is 2.53. The number of rotatable bonds is 7. The van der Waals surface area contributed by atoms with E-state index >= 15 is 0 Å². The Morgan fingerprint density at radius 3 is 2.00 bits per heavy atom. The molecule has 27 heavy (non-hydrogen) atoms. The van der Waals surface area contributed by atoms with Crippen LogP contribution in [-0.4, -0.2) is 50.5 Å². The summed E-state index contributed by atoms with van der Waals surface area (Å²) in [6.07, 6.45) is -0.0746. The van der Waals surface area contributed by atoms with Crippen LogP contribution in [0.1, 0.15) is 43.0 Å². The van der Waals surface area contributed by atoms with Crippen LogP contribution in [0.15, 0.2) is 18.2 Å². The molecule has 2 rings (SSSR count). The number of esters is 2. The van der Waals surface area contributed by atoms with Crippen molar-refractivity contribution in [1.82, 2.24) is 0 Å². The van der Waals surface area contributed by atoms with E-state index in [2.05, 4.69) is 9.47 Å². The van der Waals surface area contributed by atoms with E-state index in [4.69, 9.17) is 4.74 Å². The van der Waals surface area contributed by atoms with Gasteiger partial charge >= 0.3 is 11.9 Å². The first kappa shape index (κ1) is 20.4. The minimum Gasteiger partial charge on any atom is -0.497 e. The van der Waals surface area contributed by atoms with Gasteiger partial charge in [0.1, 0.15) is 11.3 Å². The lowest BCUT2D eigenvalue weighted by atomic mass is 9.83. The molecule has 146 valence electrons. The maximum atomic E-state index is 13.3. The fourth-order valence-electron chi connectivity index (χ4n) is 3.47. The molecule has 0 bridgehead atoms. The van der Waals surface area contributed by atoms with Crippen molar-refractivity contribution in [3.05, 3.63) is 23.8 Å². The smallest absolute Gasteiger partial charge is 0.305 e. The lowest BCUT2D eigenvalue weighted by Crippen LogP contribution is -2.53. The Morgan fingerprint density at radius 2 is 1.56 bits per heavy atom. The summed E-state index contributed by atoms with van der Waals surface area (Å²) >= 11 is 0. The molecule has 0 saturated heterocycles. The predicted molar refractivity (Wildman–Crippen MR) is 95.7 cm³/mol. The molecule has 0 radical (unpaired) electrons. The van der Waals surface area contributed by atoms with Gasteiger partial charge in [0.05, 0.1) is 27.0 Å². The second-order valence-electron chi connectivity index (χ2n) is 6.25. The first-order valence-corrected chi connectivity index (χ1v) is 8.48. The molecule has 8 heteroatoms. The van der Waals surface area contributed by atoms with Crippen LogP contribution < -0.4 is 9.64 Å². The maximum Gasteiger partial charge on any atom is 0.305 e. The van der Waals surface area contributed by atoms with E-state index in [0.29, 0.717) is 17.0 Å². The highest BCUT2D eigenvalue weighted by Gasteiger charge is 2.53. The zero-order valence-corrected chi connectivity index (χ0v) is 15.9. The molecule has 8 nitrogen and oxygen atoms in total.